The molecule has 4 rings (SSSR count). The monoisotopic (exact) mass is 562 g/mol. The van der Waals surface area contributed by atoms with E-state index in [-0.39, 0.29) is 30.1 Å². The molecular weight excluding hydrogens is 520 g/mol. The molecule has 11 heteroatoms. The first-order valence-electron chi connectivity index (χ1n) is 14.5. The highest BCUT2D eigenvalue weighted by Crippen LogP contribution is 2.22. The first-order chi connectivity index (χ1) is 19.6. The van der Waals surface area contributed by atoms with Crippen molar-refractivity contribution in [1.82, 2.24) is 40.1 Å². The van der Waals surface area contributed by atoms with Gasteiger partial charge in [-0.2, -0.15) is 10.2 Å². The molecule has 1 aliphatic rings. The van der Waals surface area contributed by atoms with Crippen LogP contribution in [0.1, 0.15) is 78.6 Å². The van der Waals surface area contributed by atoms with Crippen LogP contribution in [0.2, 0.25) is 0 Å². The van der Waals surface area contributed by atoms with E-state index in [1.807, 2.05) is 76.6 Å². The number of aryl methyl sites for hydroxylation is 3. The molecule has 1 aromatic carbocycles. The molecule has 41 heavy (non-hydrogen) atoms. The first-order valence-corrected chi connectivity index (χ1v) is 14.5. The zero-order valence-corrected chi connectivity index (χ0v) is 25.0. The van der Waals surface area contributed by atoms with Gasteiger partial charge in [0.15, 0.2) is 0 Å². The highest BCUT2D eigenvalue weighted by molar-refractivity contribution is 5.96. The summed E-state index contributed by atoms with van der Waals surface area (Å²) in [5.74, 6) is 0.627. The van der Waals surface area contributed by atoms with Crippen molar-refractivity contribution in [2.75, 3.05) is 13.1 Å². The minimum atomic E-state index is -0.755. The Morgan fingerprint density at radius 3 is 2.41 bits per heavy atom. The molecule has 3 aromatic rings. The molecule has 1 aliphatic heterocycles. The van der Waals surface area contributed by atoms with Crippen molar-refractivity contribution in [2.24, 2.45) is 5.92 Å². The Kier molecular flexibility index (Phi) is 9.57. The number of hydrogen-bond acceptors (Lipinski definition) is 6. The standard InChI is InChI=1S/C30H42N8O3/c1-7-37-21(5)26(20(4)34-37)30(41)36-15-11-14-25(39)32-24(18-23-12-9-8-10-13-23)29(40)33-27(19(2)3)28-31-22(6)35-38(28)17-16-36/h8-10,12-13,19,24,27H,7,11,14-18H2,1-6H3,(H,32,39)(H,33,40)/t24-,27?/m0/s1. The van der Waals surface area contributed by atoms with E-state index in [0.29, 0.717) is 61.9 Å². The number of aromatic nitrogens is 5. The molecular formula is C30H42N8O3. The second-order valence-corrected chi connectivity index (χ2v) is 11.0. The highest BCUT2D eigenvalue weighted by Gasteiger charge is 2.30. The van der Waals surface area contributed by atoms with Gasteiger partial charge in [-0.15, -0.1) is 0 Å². The molecule has 11 nitrogen and oxygen atoms in total. The minimum absolute atomic E-state index is 0.00481. The van der Waals surface area contributed by atoms with Crippen LogP contribution in [0, 0.1) is 26.7 Å². The van der Waals surface area contributed by atoms with E-state index in [1.54, 1.807) is 9.58 Å². The van der Waals surface area contributed by atoms with E-state index in [9.17, 15) is 14.4 Å². The molecule has 0 fully saturated rings. The van der Waals surface area contributed by atoms with E-state index in [1.165, 1.54) is 0 Å². The fourth-order valence-electron chi connectivity index (χ4n) is 5.41. The molecule has 0 bridgehead atoms. The van der Waals surface area contributed by atoms with E-state index in [0.717, 1.165) is 11.3 Å². The molecule has 0 aliphatic carbocycles. The Hall–Kier alpha value is -4.02. The zero-order valence-electron chi connectivity index (χ0n) is 25.0. The molecule has 3 amide bonds. The van der Waals surface area contributed by atoms with Crippen molar-refractivity contribution < 1.29 is 14.4 Å². The summed E-state index contributed by atoms with van der Waals surface area (Å²) in [5.41, 5.74) is 3.07. The lowest BCUT2D eigenvalue weighted by atomic mass is 10.0. The van der Waals surface area contributed by atoms with E-state index < -0.39 is 12.1 Å². The van der Waals surface area contributed by atoms with Crippen LogP contribution < -0.4 is 10.6 Å². The first kappa shape index (κ1) is 30.0. The molecule has 3 heterocycles. The number of nitrogens with zero attached hydrogens (tertiary/aromatic N) is 6. The fourth-order valence-corrected chi connectivity index (χ4v) is 5.41. The van der Waals surface area contributed by atoms with Crippen LogP contribution in [0.3, 0.4) is 0 Å². The van der Waals surface area contributed by atoms with Gasteiger partial charge in [-0.3, -0.25) is 19.1 Å². The highest BCUT2D eigenvalue weighted by atomic mass is 16.2. The maximum atomic E-state index is 13.8. The Morgan fingerprint density at radius 2 is 1.76 bits per heavy atom. The van der Waals surface area contributed by atoms with Gasteiger partial charge in [0.1, 0.15) is 17.7 Å². The predicted octanol–water partition coefficient (Wildman–Crippen LogP) is 2.90. The third-order valence-corrected chi connectivity index (χ3v) is 7.58. The number of amides is 3. The van der Waals surface area contributed by atoms with E-state index in [4.69, 9.17) is 0 Å². The summed E-state index contributed by atoms with van der Waals surface area (Å²) >= 11 is 0. The van der Waals surface area contributed by atoms with E-state index in [2.05, 4.69) is 25.8 Å². The SMILES string of the molecule is CCn1nc(C)c(C(=O)N2CCCC(=O)N[C@@H](Cc3ccccc3)C(=O)NC(C(C)C)c3nc(C)nn3CC2)c1C. The molecule has 0 saturated carbocycles. The largest absolute Gasteiger partial charge is 0.344 e. The van der Waals surface area contributed by atoms with Crippen molar-refractivity contribution in [1.29, 1.82) is 0 Å². The van der Waals surface area contributed by atoms with E-state index >= 15 is 0 Å². The summed E-state index contributed by atoms with van der Waals surface area (Å²) in [6.07, 6.45) is 1.00. The average Bonchev–Trinajstić information content (AvgIpc) is 3.45. The van der Waals surface area contributed by atoms with Crippen molar-refractivity contribution in [3.05, 3.63) is 64.5 Å². The van der Waals surface area contributed by atoms with Crippen LogP contribution in [0.15, 0.2) is 30.3 Å². The summed E-state index contributed by atoms with van der Waals surface area (Å²) in [7, 11) is 0. The number of benzene rings is 1. The second-order valence-electron chi connectivity index (χ2n) is 11.0. The van der Waals surface area contributed by atoms with Gasteiger partial charge in [-0.25, -0.2) is 9.67 Å². The summed E-state index contributed by atoms with van der Waals surface area (Å²) in [6, 6.07) is 8.45. The third-order valence-electron chi connectivity index (χ3n) is 7.58. The molecule has 1 unspecified atom stereocenters. The number of hydrogen-bond donors (Lipinski definition) is 2. The summed E-state index contributed by atoms with van der Waals surface area (Å²) in [5, 5.41) is 15.3. The van der Waals surface area contributed by atoms with Gasteiger partial charge in [0.05, 0.1) is 23.8 Å². The predicted molar refractivity (Wildman–Crippen MR) is 155 cm³/mol. The van der Waals surface area contributed by atoms with Gasteiger partial charge >= 0.3 is 0 Å². The average molecular weight is 563 g/mol. The molecule has 0 saturated heterocycles. The van der Waals surface area contributed by atoms with Gasteiger partial charge in [0.25, 0.3) is 5.91 Å². The van der Waals surface area contributed by atoms with Gasteiger partial charge in [-0.1, -0.05) is 44.2 Å². The lowest BCUT2D eigenvalue weighted by Gasteiger charge is -2.28. The minimum Gasteiger partial charge on any atom is -0.344 e. The normalized spacial score (nSPS) is 19.0. The van der Waals surface area contributed by atoms with Crippen molar-refractivity contribution in [3.63, 3.8) is 0 Å². The van der Waals surface area contributed by atoms with Gasteiger partial charge in [0, 0.05) is 38.2 Å². The van der Waals surface area contributed by atoms with Crippen LogP contribution in [-0.4, -0.2) is 66.3 Å². The number of nitrogens with one attached hydrogen (secondary N) is 2. The topological polar surface area (TPSA) is 127 Å². The van der Waals surface area contributed by atoms with Gasteiger partial charge in [0.2, 0.25) is 11.8 Å². The van der Waals surface area contributed by atoms with Gasteiger partial charge in [-0.05, 0) is 45.6 Å². The van der Waals surface area contributed by atoms with Crippen LogP contribution in [-0.2, 0) is 29.1 Å². The van der Waals surface area contributed by atoms with Crippen LogP contribution >= 0.6 is 0 Å². The molecule has 220 valence electrons. The van der Waals surface area contributed by atoms with Crippen LogP contribution in [0.5, 0.6) is 0 Å². The lowest BCUT2D eigenvalue weighted by molar-refractivity contribution is -0.129. The molecule has 2 atom stereocenters. The fraction of sp³-hybridized carbons (Fsp3) is 0.533. The number of rotatable bonds is 5. The maximum Gasteiger partial charge on any atom is 0.257 e. The summed E-state index contributed by atoms with van der Waals surface area (Å²) in [6.45, 7) is 13.4. The molecule has 2 aromatic heterocycles. The number of carbonyl (C=O) groups excluding carboxylic acids is 3. The Labute approximate surface area is 241 Å². The molecule has 0 spiro atoms. The molecule has 0 radical (unpaired) electrons. The smallest absolute Gasteiger partial charge is 0.257 e. The molecule has 2 N–H and O–H groups in total. The van der Waals surface area contributed by atoms with Crippen molar-refractivity contribution in [3.8, 4) is 0 Å². The van der Waals surface area contributed by atoms with Crippen LogP contribution in [0.25, 0.3) is 0 Å². The Bertz CT molecular complexity index is 1380. The Balaban J connectivity index is 1.68. The van der Waals surface area contributed by atoms with Gasteiger partial charge < -0.3 is 15.5 Å². The summed E-state index contributed by atoms with van der Waals surface area (Å²) in [4.78, 5) is 47.0. The number of fused-ring (bicyclic) bond motifs is 1. The zero-order chi connectivity index (χ0) is 29.7. The number of carbonyl (C=O) groups is 3. The second kappa shape index (κ2) is 13.1. The van der Waals surface area contributed by atoms with Crippen molar-refractivity contribution in [2.45, 2.75) is 86.0 Å². The van der Waals surface area contributed by atoms with Crippen LogP contribution in [0.4, 0.5) is 0 Å². The maximum absolute atomic E-state index is 13.8. The summed E-state index contributed by atoms with van der Waals surface area (Å²) < 4.78 is 3.63. The third kappa shape index (κ3) is 7.01. The lowest BCUT2D eigenvalue weighted by Crippen LogP contribution is -2.50. The van der Waals surface area contributed by atoms with Crippen molar-refractivity contribution >= 4 is 17.7 Å². The quantitative estimate of drug-likeness (QED) is 0.492. The Morgan fingerprint density at radius 1 is 1.02 bits per heavy atom.